The molecule has 0 unspecified atom stereocenters. The molecule has 26 heavy (non-hydrogen) atoms. The maximum absolute atomic E-state index is 12.1. The first-order chi connectivity index (χ1) is 12.7. The van der Waals surface area contributed by atoms with E-state index in [1.54, 1.807) is 24.3 Å². The van der Waals surface area contributed by atoms with Gasteiger partial charge in [-0.05, 0) is 30.7 Å². The van der Waals surface area contributed by atoms with Crippen LogP contribution in [0.1, 0.15) is 12.5 Å². The van der Waals surface area contributed by atoms with Crippen molar-refractivity contribution in [3.8, 4) is 22.8 Å². The minimum absolute atomic E-state index is 0.0589. The molecule has 0 aliphatic rings. The van der Waals surface area contributed by atoms with E-state index >= 15 is 0 Å². The minimum Gasteiger partial charge on any atom is -0.504 e. The Hall–Kier alpha value is -3.68. The summed E-state index contributed by atoms with van der Waals surface area (Å²) in [6.07, 6.45) is 1.51. The molecule has 3 N–H and O–H groups in total. The van der Waals surface area contributed by atoms with Crippen LogP contribution < -0.4 is 15.7 Å². The van der Waals surface area contributed by atoms with Gasteiger partial charge in [0.15, 0.2) is 17.2 Å². The molecule has 0 saturated carbocycles. The standard InChI is InChI=1S/C18H17N5O3/c1-2-26-15-10-12(8-9-14(15)24)11-19-22-18-20-17(25)16(21-23-18)13-6-4-3-5-7-13/h3-11,24H,2H2,1H3,(H2,20,22,23,25). The topological polar surface area (TPSA) is 112 Å². The SMILES string of the molecule is CCOc1cc(C=NNc2nnc(-c3ccccc3)c(=O)[nH]2)ccc1O. The smallest absolute Gasteiger partial charge is 0.279 e. The second-order valence-corrected chi connectivity index (χ2v) is 5.25. The molecule has 8 heteroatoms. The number of aromatic amines is 1. The lowest BCUT2D eigenvalue weighted by molar-refractivity contribution is 0.318. The van der Waals surface area contributed by atoms with E-state index in [9.17, 15) is 9.90 Å². The van der Waals surface area contributed by atoms with Gasteiger partial charge in [-0.15, -0.1) is 10.2 Å². The summed E-state index contributed by atoms with van der Waals surface area (Å²) in [6.45, 7) is 2.27. The number of hydrogen-bond donors (Lipinski definition) is 3. The number of anilines is 1. The molecule has 0 aliphatic heterocycles. The quantitative estimate of drug-likeness (QED) is 0.464. The van der Waals surface area contributed by atoms with Crippen LogP contribution in [0.15, 0.2) is 58.4 Å². The third-order valence-corrected chi connectivity index (χ3v) is 3.41. The first-order valence-corrected chi connectivity index (χ1v) is 7.94. The first-order valence-electron chi connectivity index (χ1n) is 7.94. The molecule has 132 valence electrons. The summed E-state index contributed by atoms with van der Waals surface area (Å²) in [5.41, 5.74) is 3.87. The van der Waals surface area contributed by atoms with Crippen molar-refractivity contribution in [2.24, 2.45) is 5.10 Å². The van der Waals surface area contributed by atoms with Crippen molar-refractivity contribution in [1.29, 1.82) is 0 Å². The summed E-state index contributed by atoms with van der Waals surface area (Å²) in [6, 6.07) is 13.9. The van der Waals surface area contributed by atoms with E-state index in [2.05, 4.69) is 25.7 Å². The Bertz CT molecular complexity index is 970. The Labute approximate surface area is 149 Å². The van der Waals surface area contributed by atoms with Crippen LogP contribution in [0.3, 0.4) is 0 Å². The monoisotopic (exact) mass is 351 g/mol. The summed E-state index contributed by atoms with van der Waals surface area (Å²) >= 11 is 0. The Morgan fingerprint density at radius 2 is 2.04 bits per heavy atom. The van der Waals surface area contributed by atoms with E-state index in [4.69, 9.17) is 4.74 Å². The Balaban J connectivity index is 1.72. The molecule has 0 radical (unpaired) electrons. The summed E-state index contributed by atoms with van der Waals surface area (Å²) in [4.78, 5) is 14.7. The van der Waals surface area contributed by atoms with Crippen LogP contribution in [0.2, 0.25) is 0 Å². The van der Waals surface area contributed by atoms with Crippen molar-refractivity contribution in [2.45, 2.75) is 6.92 Å². The minimum atomic E-state index is -0.368. The lowest BCUT2D eigenvalue weighted by atomic mass is 10.2. The zero-order chi connectivity index (χ0) is 18.4. The number of H-pyrrole nitrogens is 1. The molecule has 0 aliphatic carbocycles. The molecular formula is C18H17N5O3. The van der Waals surface area contributed by atoms with Crippen LogP contribution >= 0.6 is 0 Å². The number of hydrogen-bond acceptors (Lipinski definition) is 7. The molecular weight excluding hydrogens is 334 g/mol. The third kappa shape index (κ3) is 4.04. The van der Waals surface area contributed by atoms with Crippen LogP contribution in [0.4, 0.5) is 5.95 Å². The Morgan fingerprint density at radius 3 is 2.77 bits per heavy atom. The van der Waals surface area contributed by atoms with Gasteiger partial charge in [0.05, 0.1) is 12.8 Å². The van der Waals surface area contributed by atoms with Gasteiger partial charge in [0.25, 0.3) is 5.56 Å². The number of aromatic hydroxyl groups is 1. The third-order valence-electron chi connectivity index (χ3n) is 3.41. The second-order valence-electron chi connectivity index (χ2n) is 5.25. The molecule has 3 aromatic rings. The normalized spacial score (nSPS) is 10.8. The summed E-state index contributed by atoms with van der Waals surface area (Å²) in [5.74, 6) is 0.551. The number of benzene rings is 2. The van der Waals surface area contributed by atoms with Crippen LogP contribution in [0, 0.1) is 0 Å². The average molecular weight is 351 g/mol. The highest BCUT2D eigenvalue weighted by Crippen LogP contribution is 2.26. The van der Waals surface area contributed by atoms with Gasteiger partial charge >= 0.3 is 0 Å². The summed E-state index contributed by atoms with van der Waals surface area (Å²) in [5, 5.41) is 21.5. The van der Waals surface area contributed by atoms with Crippen molar-refractivity contribution in [1.82, 2.24) is 15.2 Å². The van der Waals surface area contributed by atoms with E-state index in [0.717, 1.165) is 0 Å². The molecule has 1 heterocycles. The number of nitrogens with one attached hydrogen (secondary N) is 2. The summed E-state index contributed by atoms with van der Waals surface area (Å²) in [7, 11) is 0. The highest BCUT2D eigenvalue weighted by Gasteiger charge is 2.06. The zero-order valence-corrected chi connectivity index (χ0v) is 14.0. The number of nitrogens with zero attached hydrogens (tertiary/aromatic N) is 3. The maximum atomic E-state index is 12.1. The Morgan fingerprint density at radius 1 is 1.23 bits per heavy atom. The van der Waals surface area contributed by atoms with Crippen LogP contribution in [-0.2, 0) is 0 Å². The lowest BCUT2D eigenvalue weighted by Gasteiger charge is -2.06. The van der Waals surface area contributed by atoms with E-state index in [0.29, 0.717) is 23.5 Å². The fourth-order valence-electron chi connectivity index (χ4n) is 2.22. The molecule has 1 aromatic heterocycles. The zero-order valence-electron chi connectivity index (χ0n) is 14.0. The van der Waals surface area contributed by atoms with Gasteiger partial charge in [0.1, 0.15) is 0 Å². The summed E-state index contributed by atoms with van der Waals surface area (Å²) < 4.78 is 5.31. The van der Waals surface area contributed by atoms with Gasteiger partial charge < -0.3 is 9.84 Å². The van der Waals surface area contributed by atoms with Crippen molar-refractivity contribution >= 4 is 12.2 Å². The molecule has 0 atom stereocenters. The second kappa shape index (κ2) is 7.93. The molecule has 0 saturated heterocycles. The van der Waals surface area contributed by atoms with E-state index < -0.39 is 0 Å². The van der Waals surface area contributed by atoms with Crippen LogP contribution in [0.25, 0.3) is 11.3 Å². The molecule has 2 aromatic carbocycles. The van der Waals surface area contributed by atoms with Crippen molar-refractivity contribution in [3.05, 3.63) is 64.4 Å². The average Bonchev–Trinajstić information content (AvgIpc) is 2.65. The first kappa shape index (κ1) is 17.2. The van der Waals surface area contributed by atoms with E-state index in [-0.39, 0.29) is 23.0 Å². The van der Waals surface area contributed by atoms with Gasteiger partial charge in [-0.25, -0.2) is 5.43 Å². The van der Waals surface area contributed by atoms with Crippen molar-refractivity contribution in [2.75, 3.05) is 12.0 Å². The predicted octanol–water partition coefficient (Wildman–Crippen LogP) is 2.38. The molecule has 0 fully saturated rings. The van der Waals surface area contributed by atoms with E-state index in [1.165, 1.54) is 12.3 Å². The number of rotatable bonds is 6. The largest absolute Gasteiger partial charge is 0.504 e. The molecule has 0 bridgehead atoms. The number of hydrazone groups is 1. The van der Waals surface area contributed by atoms with Crippen LogP contribution in [-0.4, -0.2) is 33.1 Å². The molecule has 0 spiro atoms. The predicted molar refractivity (Wildman–Crippen MR) is 98.6 cm³/mol. The molecule has 8 nitrogen and oxygen atoms in total. The number of phenolic OH excluding ortho intramolecular Hbond substituents is 1. The van der Waals surface area contributed by atoms with Crippen LogP contribution in [0.5, 0.6) is 11.5 Å². The Kier molecular flexibility index (Phi) is 5.23. The van der Waals surface area contributed by atoms with Gasteiger partial charge in [-0.3, -0.25) is 9.78 Å². The van der Waals surface area contributed by atoms with Gasteiger partial charge in [0.2, 0.25) is 5.95 Å². The fourth-order valence-corrected chi connectivity index (χ4v) is 2.22. The van der Waals surface area contributed by atoms with Crippen molar-refractivity contribution in [3.63, 3.8) is 0 Å². The highest BCUT2D eigenvalue weighted by molar-refractivity contribution is 5.81. The van der Waals surface area contributed by atoms with Gasteiger partial charge in [0, 0.05) is 5.56 Å². The number of aromatic nitrogens is 3. The molecule has 3 rings (SSSR count). The van der Waals surface area contributed by atoms with Crippen molar-refractivity contribution < 1.29 is 9.84 Å². The van der Waals surface area contributed by atoms with Gasteiger partial charge in [-0.1, -0.05) is 30.3 Å². The highest BCUT2D eigenvalue weighted by atomic mass is 16.5. The number of phenols is 1. The van der Waals surface area contributed by atoms with E-state index in [1.807, 2.05) is 25.1 Å². The van der Waals surface area contributed by atoms with Gasteiger partial charge in [-0.2, -0.15) is 5.10 Å². The maximum Gasteiger partial charge on any atom is 0.279 e. The lowest BCUT2D eigenvalue weighted by Crippen LogP contribution is -2.15. The molecule has 0 amide bonds. The number of ether oxygens (including phenoxy) is 1. The fraction of sp³-hybridized carbons (Fsp3) is 0.111.